The molecular weight excluding hydrogens is 394 g/mol. The average Bonchev–Trinajstić information content (AvgIpc) is 3.23. The van der Waals surface area contributed by atoms with Crippen LogP contribution >= 0.6 is 11.3 Å². The van der Waals surface area contributed by atoms with E-state index < -0.39 is 10.0 Å². The zero-order chi connectivity index (χ0) is 19.7. The van der Waals surface area contributed by atoms with Crippen LogP contribution in [-0.2, 0) is 10.0 Å². The highest BCUT2D eigenvalue weighted by Gasteiger charge is 2.33. The lowest BCUT2D eigenvalue weighted by atomic mass is 9.85. The van der Waals surface area contributed by atoms with Gasteiger partial charge in [-0.2, -0.15) is 0 Å². The number of fused-ring (bicyclic) bond motifs is 1. The molecule has 8 heteroatoms. The van der Waals surface area contributed by atoms with Crippen LogP contribution in [0.15, 0.2) is 17.2 Å². The number of amides is 1. The van der Waals surface area contributed by atoms with E-state index >= 15 is 0 Å². The molecule has 0 radical (unpaired) electrons. The van der Waals surface area contributed by atoms with E-state index in [2.05, 4.69) is 11.1 Å². The summed E-state index contributed by atoms with van der Waals surface area (Å²) < 4.78 is 25.7. The first kappa shape index (κ1) is 20.0. The first-order valence-corrected chi connectivity index (χ1v) is 12.9. The van der Waals surface area contributed by atoms with Gasteiger partial charge in [0, 0.05) is 36.6 Å². The summed E-state index contributed by atoms with van der Waals surface area (Å²) in [6, 6.07) is 0. The molecule has 1 aromatic rings. The van der Waals surface area contributed by atoms with Crippen LogP contribution in [0.25, 0.3) is 0 Å². The molecule has 0 spiro atoms. The van der Waals surface area contributed by atoms with Gasteiger partial charge in [-0.15, -0.1) is 11.3 Å². The molecule has 3 aliphatic rings. The van der Waals surface area contributed by atoms with Gasteiger partial charge in [0.05, 0.1) is 10.8 Å². The molecule has 2 saturated heterocycles. The molecule has 0 aromatic carbocycles. The van der Waals surface area contributed by atoms with E-state index in [1.165, 1.54) is 25.0 Å². The van der Waals surface area contributed by atoms with Gasteiger partial charge < -0.3 is 4.90 Å². The molecular formula is C20H29N3O3S2. The number of rotatable bonds is 4. The van der Waals surface area contributed by atoms with Crippen molar-refractivity contribution in [1.82, 2.24) is 14.2 Å². The Kier molecular flexibility index (Phi) is 5.90. The van der Waals surface area contributed by atoms with E-state index in [-0.39, 0.29) is 17.6 Å². The fraction of sp³-hybridized carbons (Fsp3) is 0.700. The number of nitrogens with zero attached hydrogens (tertiary/aromatic N) is 3. The summed E-state index contributed by atoms with van der Waals surface area (Å²) >= 11 is 1.55. The van der Waals surface area contributed by atoms with Crippen LogP contribution in [0.4, 0.5) is 0 Å². The summed E-state index contributed by atoms with van der Waals surface area (Å²) in [4.78, 5) is 19.8. The van der Waals surface area contributed by atoms with E-state index in [9.17, 15) is 13.2 Å². The van der Waals surface area contributed by atoms with E-state index in [4.69, 9.17) is 0 Å². The fourth-order valence-electron chi connectivity index (χ4n) is 4.67. The molecule has 2 fully saturated rings. The van der Waals surface area contributed by atoms with Crippen LogP contribution in [0.5, 0.6) is 0 Å². The molecule has 1 amide bonds. The Morgan fingerprint density at radius 2 is 1.89 bits per heavy atom. The molecule has 6 nitrogen and oxygen atoms in total. The standard InChI is InChI=1S/C20H29N3O3S2/c1-2-28(25,26)22-12-9-16(10-13-22)19-21-17(14-27-19)20(24)23-11-5-7-15-6-3-4-8-18(15)23/h8,14-16H,2-7,9-13H2,1H3. The molecule has 0 bridgehead atoms. The maximum Gasteiger partial charge on any atom is 0.277 e. The third-order valence-corrected chi connectivity index (χ3v) is 9.21. The van der Waals surface area contributed by atoms with Gasteiger partial charge >= 0.3 is 0 Å². The van der Waals surface area contributed by atoms with E-state index in [1.54, 1.807) is 22.6 Å². The Bertz CT molecular complexity index is 854. The van der Waals surface area contributed by atoms with Crippen molar-refractivity contribution in [2.45, 2.75) is 57.8 Å². The number of carbonyl (C=O) groups is 1. The first-order valence-electron chi connectivity index (χ1n) is 10.4. The molecule has 154 valence electrons. The van der Waals surface area contributed by atoms with Gasteiger partial charge in [-0.25, -0.2) is 17.7 Å². The zero-order valence-electron chi connectivity index (χ0n) is 16.5. The first-order chi connectivity index (χ1) is 13.5. The smallest absolute Gasteiger partial charge is 0.277 e. The van der Waals surface area contributed by atoms with Crippen LogP contribution < -0.4 is 0 Å². The largest absolute Gasteiger partial charge is 0.311 e. The molecule has 1 aromatic heterocycles. The Morgan fingerprint density at radius 1 is 1.14 bits per heavy atom. The van der Waals surface area contributed by atoms with Gasteiger partial charge in [0.25, 0.3) is 5.91 Å². The fourth-order valence-corrected chi connectivity index (χ4v) is 6.77. The number of sulfonamides is 1. The highest BCUT2D eigenvalue weighted by molar-refractivity contribution is 7.89. The van der Waals surface area contributed by atoms with Crippen molar-refractivity contribution in [3.05, 3.63) is 27.9 Å². The molecule has 2 aliphatic heterocycles. The van der Waals surface area contributed by atoms with Crippen LogP contribution in [0.2, 0.25) is 0 Å². The summed E-state index contributed by atoms with van der Waals surface area (Å²) in [5, 5.41) is 2.86. The summed E-state index contributed by atoms with van der Waals surface area (Å²) in [6.45, 7) is 3.57. The van der Waals surface area contributed by atoms with Crippen LogP contribution in [0, 0.1) is 5.92 Å². The lowest BCUT2D eigenvalue weighted by Gasteiger charge is -2.37. The van der Waals surface area contributed by atoms with E-state index in [0.29, 0.717) is 24.7 Å². The Hall–Kier alpha value is -1.25. The summed E-state index contributed by atoms with van der Waals surface area (Å²) in [5.41, 5.74) is 1.77. The number of hydrogen-bond donors (Lipinski definition) is 0. The van der Waals surface area contributed by atoms with Crippen molar-refractivity contribution in [2.75, 3.05) is 25.4 Å². The highest BCUT2D eigenvalue weighted by Crippen LogP contribution is 2.36. The van der Waals surface area contributed by atoms with E-state index in [0.717, 1.165) is 37.2 Å². The number of allylic oxidation sites excluding steroid dienone is 2. The van der Waals surface area contributed by atoms with E-state index in [1.807, 2.05) is 10.3 Å². The maximum atomic E-state index is 13.1. The number of carbonyl (C=O) groups excluding carboxylic acids is 1. The maximum absolute atomic E-state index is 13.1. The number of thiazole rings is 1. The minimum absolute atomic E-state index is 0.0337. The molecule has 3 heterocycles. The van der Waals surface area contributed by atoms with Crippen LogP contribution in [0.1, 0.15) is 73.3 Å². The van der Waals surface area contributed by atoms with Gasteiger partial charge in [0.1, 0.15) is 5.69 Å². The molecule has 1 unspecified atom stereocenters. The number of hydrogen-bond acceptors (Lipinski definition) is 5. The van der Waals surface area contributed by atoms with Gasteiger partial charge in [0.15, 0.2) is 0 Å². The average molecular weight is 424 g/mol. The minimum Gasteiger partial charge on any atom is -0.311 e. The van der Waals surface area contributed by atoms with Crippen molar-refractivity contribution in [3.8, 4) is 0 Å². The predicted octanol–water partition coefficient (Wildman–Crippen LogP) is 3.59. The second kappa shape index (κ2) is 8.24. The minimum atomic E-state index is -3.11. The van der Waals surface area contributed by atoms with Gasteiger partial charge in [0.2, 0.25) is 10.0 Å². The Morgan fingerprint density at radius 3 is 2.64 bits per heavy atom. The third kappa shape index (κ3) is 3.91. The second-order valence-electron chi connectivity index (χ2n) is 8.00. The Labute approximate surface area is 171 Å². The predicted molar refractivity (Wildman–Crippen MR) is 111 cm³/mol. The van der Waals surface area contributed by atoms with Gasteiger partial charge in [-0.3, -0.25) is 4.79 Å². The Balaban J connectivity index is 1.43. The number of piperidine rings is 2. The van der Waals surface area contributed by atoms with Crippen molar-refractivity contribution in [2.24, 2.45) is 5.92 Å². The summed E-state index contributed by atoms with van der Waals surface area (Å²) in [5.74, 6) is 0.971. The molecule has 1 atom stereocenters. The van der Waals surface area contributed by atoms with Crippen LogP contribution in [-0.4, -0.2) is 53.9 Å². The zero-order valence-corrected chi connectivity index (χ0v) is 18.1. The second-order valence-corrected chi connectivity index (χ2v) is 11.1. The lowest BCUT2D eigenvalue weighted by Crippen LogP contribution is -2.39. The quantitative estimate of drug-likeness (QED) is 0.742. The highest BCUT2D eigenvalue weighted by atomic mass is 32.2. The molecule has 0 saturated carbocycles. The number of likely N-dealkylation sites (tertiary alicyclic amines) is 1. The SMILES string of the molecule is CCS(=O)(=O)N1CCC(c2nc(C(=O)N3CCCC4CCCC=C43)cs2)CC1. The topological polar surface area (TPSA) is 70.6 Å². The summed E-state index contributed by atoms with van der Waals surface area (Å²) in [6.07, 6.45) is 9.54. The van der Waals surface area contributed by atoms with Crippen LogP contribution in [0.3, 0.4) is 0 Å². The molecule has 0 N–H and O–H groups in total. The molecule has 1 aliphatic carbocycles. The number of aromatic nitrogens is 1. The normalized spacial score (nSPS) is 24.7. The monoisotopic (exact) mass is 423 g/mol. The van der Waals surface area contributed by atoms with Crippen molar-refractivity contribution >= 4 is 27.3 Å². The lowest BCUT2D eigenvalue weighted by molar-refractivity contribution is 0.0743. The summed E-state index contributed by atoms with van der Waals surface area (Å²) in [7, 11) is -3.11. The van der Waals surface area contributed by atoms with Crippen molar-refractivity contribution in [1.29, 1.82) is 0 Å². The molecule has 28 heavy (non-hydrogen) atoms. The molecule has 4 rings (SSSR count). The van der Waals surface area contributed by atoms with Gasteiger partial charge in [-0.05, 0) is 57.8 Å². The van der Waals surface area contributed by atoms with Gasteiger partial charge in [-0.1, -0.05) is 6.08 Å². The van der Waals surface area contributed by atoms with Crippen molar-refractivity contribution in [3.63, 3.8) is 0 Å². The van der Waals surface area contributed by atoms with Crippen molar-refractivity contribution < 1.29 is 13.2 Å². The third-order valence-electron chi connectivity index (χ3n) is 6.32.